The van der Waals surface area contributed by atoms with E-state index in [-0.39, 0.29) is 56.6 Å². The molecule has 184 valence electrons. The minimum absolute atomic E-state index is 0.0207. The first-order valence-corrected chi connectivity index (χ1v) is 10.5. The van der Waals surface area contributed by atoms with Crippen molar-refractivity contribution in [3.8, 4) is 11.1 Å². The molecule has 0 fully saturated rings. The molecule has 7 nitrogen and oxygen atoms in total. The summed E-state index contributed by atoms with van der Waals surface area (Å²) in [5, 5.41) is 2.42. The second-order valence-electron chi connectivity index (χ2n) is 7.84. The van der Waals surface area contributed by atoms with Gasteiger partial charge in [-0.2, -0.15) is 13.2 Å². The number of aryl methyl sites for hydroxylation is 1. The molecule has 0 saturated carbocycles. The lowest BCUT2D eigenvalue weighted by atomic mass is 10.0. The number of nitrogens with zero attached hydrogens (tertiary/aromatic N) is 2. The molecule has 3 N–H and O–H groups in total. The molecule has 0 saturated heterocycles. The van der Waals surface area contributed by atoms with Gasteiger partial charge in [-0.15, -0.1) is 0 Å². The lowest BCUT2D eigenvalue weighted by molar-refractivity contribution is -0.138. The first-order valence-electron chi connectivity index (χ1n) is 10.5. The van der Waals surface area contributed by atoms with Crippen LogP contribution in [0.2, 0.25) is 0 Å². The maximum Gasteiger partial charge on any atom is 0.416 e. The van der Waals surface area contributed by atoms with Gasteiger partial charge in [-0.05, 0) is 30.2 Å². The molecule has 0 aliphatic rings. The first-order chi connectivity index (χ1) is 17.1. The van der Waals surface area contributed by atoms with Crippen molar-refractivity contribution in [1.29, 1.82) is 0 Å². The van der Waals surface area contributed by atoms with Crippen molar-refractivity contribution in [3.63, 3.8) is 0 Å². The number of carbonyl (C=O) groups is 1. The van der Waals surface area contributed by atoms with E-state index in [1.165, 1.54) is 31.6 Å². The Bertz CT molecular complexity index is 1660. The second kappa shape index (κ2) is 8.33. The van der Waals surface area contributed by atoms with Crippen molar-refractivity contribution in [2.45, 2.75) is 19.5 Å². The van der Waals surface area contributed by atoms with E-state index >= 15 is 4.39 Å². The van der Waals surface area contributed by atoms with E-state index in [9.17, 15) is 22.4 Å². The highest BCUT2D eigenvalue weighted by Crippen LogP contribution is 2.38. The molecule has 0 bridgehead atoms. The number of halogens is 5. The molecule has 3 heterocycles. The summed E-state index contributed by atoms with van der Waals surface area (Å²) >= 11 is 0. The third kappa shape index (κ3) is 3.70. The molecule has 2 aromatic carbocycles. The molecule has 0 unspecified atom stereocenters. The van der Waals surface area contributed by atoms with Crippen LogP contribution in [0.15, 0.2) is 52.0 Å². The molecular weight excluding hydrogens is 487 g/mol. The van der Waals surface area contributed by atoms with Gasteiger partial charge in [-0.1, -0.05) is 13.0 Å². The van der Waals surface area contributed by atoms with Crippen molar-refractivity contribution in [3.05, 3.63) is 71.4 Å². The lowest BCUT2D eigenvalue weighted by Gasteiger charge is -2.15. The van der Waals surface area contributed by atoms with E-state index in [2.05, 4.69) is 15.3 Å². The first kappa shape index (κ1) is 23.3. The number of aromatic nitrogens is 2. The zero-order valence-electron chi connectivity index (χ0n) is 18.3. The summed E-state index contributed by atoms with van der Waals surface area (Å²) in [6.45, 7) is 1.45. The minimum atomic E-state index is -4.74. The molecule has 5 aromatic rings. The van der Waals surface area contributed by atoms with Crippen LogP contribution in [0.4, 0.5) is 33.5 Å². The van der Waals surface area contributed by atoms with Crippen LogP contribution in [-0.4, -0.2) is 15.9 Å². The number of rotatable bonds is 4. The fourth-order valence-electron chi connectivity index (χ4n) is 4.00. The molecule has 0 spiro atoms. The zero-order chi connectivity index (χ0) is 25.8. The topological polar surface area (TPSA) is 107 Å². The van der Waals surface area contributed by atoms with E-state index in [0.717, 1.165) is 12.3 Å². The fraction of sp³-hybridized carbons (Fsp3) is 0.125. The standard InChI is InChI=1S/C24H15F5N4O3/c1-2-10-5-16(25)17(6-15(10)24(27,28)29)33-22(34)14-8-35-20-12(14)4-3-11(19(20)26)13-7-36-23-18(13)21(30)31-9-32-23/h3-9H,2H2,1H3,(H,33,34)(H2,30,31,32). The number of nitrogens with two attached hydrogens (primary N) is 1. The van der Waals surface area contributed by atoms with Gasteiger partial charge in [0.1, 0.15) is 30.5 Å². The van der Waals surface area contributed by atoms with Crippen LogP contribution in [-0.2, 0) is 12.6 Å². The minimum Gasteiger partial charge on any atom is -0.460 e. The maximum atomic E-state index is 15.4. The number of alkyl halides is 3. The van der Waals surface area contributed by atoms with Crippen molar-refractivity contribution >= 4 is 39.5 Å². The Morgan fingerprint density at radius 2 is 1.86 bits per heavy atom. The molecule has 0 radical (unpaired) electrons. The quantitative estimate of drug-likeness (QED) is 0.278. The van der Waals surface area contributed by atoms with Crippen LogP contribution >= 0.6 is 0 Å². The summed E-state index contributed by atoms with van der Waals surface area (Å²) in [6, 6.07) is 3.98. The third-order valence-corrected chi connectivity index (χ3v) is 5.74. The average Bonchev–Trinajstić information content (AvgIpc) is 3.45. The molecular formula is C24H15F5N4O3. The molecule has 36 heavy (non-hydrogen) atoms. The predicted molar refractivity (Wildman–Crippen MR) is 120 cm³/mol. The van der Waals surface area contributed by atoms with Crippen LogP contribution in [0.5, 0.6) is 0 Å². The van der Waals surface area contributed by atoms with Gasteiger partial charge in [0.2, 0.25) is 5.71 Å². The molecule has 0 aliphatic carbocycles. The van der Waals surface area contributed by atoms with Crippen LogP contribution in [0, 0.1) is 11.6 Å². The Morgan fingerprint density at radius 1 is 1.08 bits per heavy atom. The highest BCUT2D eigenvalue weighted by Gasteiger charge is 2.34. The van der Waals surface area contributed by atoms with Gasteiger partial charge >= 0.3 is 6.18 Å². The Morgan fingerprint density at radius 3 is 2.58 bits per heavy atom. The Balaban J connectivity index is 1.53. The number of fused-ring (bicyclic) bond motifs is 2. The van der Waals surface area contributed by atoms with Crippen LogP contribution in [0.1, 0.15) is 28.4 Å². The number of furan rings is 2. The number of hydrogen-bond acceptors (Lipinski definition) is 6. The Hall–Kier alpha value is -4.48. The van der Waals surface area contributed by atoms with E-state index < -0.39 is 35.0 Å². The SMILES string of the molecule is CCc1cc(F)c(NC(=O)c2coc3c(F)c(-c4coc5ncnc(N)c45)ccc23)cc1C(F)(F)F. The number of nitrogens with one attached hydrogen (secondary N) is 1. The van der Waals surface area contributed by atoms with Gasteiger partial charge in [0, 0.05) is 16.5 Å². The highest BCUT2D eigenvalue weighted by molar-refractivity contribution is 6.13. The summed E-state index contributed by atoms with van der Waals surface area (Å²) in [4.78, 5) is 20.6. The smallest absolute Gasteiger partial charge is 0.416 e. The number of hydrogen-bond donors (Lipinski definition) is 2. The number of nitrogen functional groups attached to an aromatic ring is 1. The average molecular weight is 502 g/mol. The van der Waals surface area contributed by atoms with E-state index in [0.29, 0.717) is 6.07 Å². The third-order valence-electron chi connectivity index (χ3n) is 5.74. The summed E-state index contributed by atoms with van der Waals surface area (Å²) < 4.78 is 80.6. The van der Waals surface area contributed by atoms with Gasteiger partial charge in [-0.3, -0.25) is 4.79 Å². The normalized spacial score (nSPS) is 11.9. The molecule has 3 aromatic heterocycles. The summed E-state index contributed by atoms with van der Waals surface area (Å²) in [5.74, 6) is -2.81. The highest BCUT2D eigenvalue weighted by atomic mass is 19.4. The van der Waals surface area contributed by atoms with E-state index in [1.54, 1.807) is 0 Å². The van der Waals surface area contributed by atoms with Crippen LogP contribution in [0.25, 0.3) is 33.2 Å². The predicted octanol–water partition coefficient (Wildman–Crippen LogP) is 6.33. The van der Waals surface area contributed by atoms with E-state index in [4.69, 9.17) is 14.6 Å². The molecule has 5 rings (SSSR count). The van der Waals surface area contributed by atoms with Crippen LogP contribution in [0.3, 0.4) is 0 Å². The summed E-state index contributed by atoms with van der Waals surface area (Å²) in [7, 11) is 0. The van der Waals surface area contributed by atoms with Gasteiger partial charge < -0.3 is 19.9 Å². The monoisotopic (exact) mass is 502 g/mol. The van der Waals surface area contributed by atoms with Gasteiger partial charge in [-0.25, -0.2) is 18.7 Å². The van der Waals surface area contributed by atoms with Gasteiger partial charge in [0.25, 0.3) is 5.91 Å². The Kier molecular flexibility index (Phi) is 5.38. The van der Waals surface area contributed by atoms with Crippen molar-refractivity contribution < 1.29 is 35.6 Å². The number of benzene rings is 2. The number of carbonyl (C=O) groups excluding carboxylic acids is 1. The lowest BCUT2D eigenvalue weighted by Crippen LogP contribution is -2.16. The van der Waals surface area contributed by atoms with Crippen molar-refractivity contribution in [2.75, 3.05) is 11.1 Å². The zero-order valence-corrected chi connectivity index (χ0v) is 18.3. The fourth-order valence-corrected chi connectivity index (χ4v) is 4.00. The van der Waals surface area contributed by atoms with Gasteiger partial charge in [0.05, 0.1) is 22.2 Å². The van der Waals surface area contributed by atoms with Gasteiger partial charge in [0.15, 0.2) is 11.4 Å². The number of anilines is 2. The van der Waals surface area contributed by atoms with E-state index in [1.807, 2.05) is 0 Å². The molecule has 12 heteroatoms. The number of amides is 1. The van der Waals surface area contributed by atoms with Crippen molar-refractivity contribution in [1.82, 2.24) is 9.97 Å². The second-order valence-corrected chi connectivity index (χ2v) is 7.84. The molecule has 1 amide bonds. The largest absolute Gasteiger partial charge is 0.460 e. The molecule has 0 atom stereocenters. The summed E-state index contributed by atoms with van der Waals surface area (Å²) in [5.41, 5.74) is 3.80. The summed E-state index contributed by atoms with van der Waals surface area (Å²) in [6.07, 6.45) is -1.43. The maximum absolute atomic E-state index is 15.4. The van der Waals surface area contributed by atoms with Crippen molar-refractivity contribution in [2.24, 2.45) is 0 Å². The van der Waals surface area contributed by atoms with Crippen LogP contribution < -0.4 is 11.1 Å². The Labute approximate surface area is 198 Å². The molecule has 0 aliphatic heterocycles.